The molecule has 18 heavy (non-hydrogen) atoms. The van der Waals surface area contributed by atoms with Gasteiger partial charge < -0.3 is 10.4 Å². The van der Waals surface area contributed by atoms with Crippen LogP contribution >= 0.6 is 0 Å². The van der Waals surface area contributed by atoms with Gasteiger partial charge in [0.15, 0.2) is 6.04 Å². The molecule has 0 bridgehead atoms. The van der Waals surface area contributed by atoms with E-state index in [1.54, 1.807) is 26.0 Å². The summed E-state index contributed by atoms with van der Waals surface area (Å²) in [5.74, 6) is -1.55. The number of carboxylic acid groups (broad SMARTS) is 1. The van der Waals surface area contributed by atoms with E-state index in [9.17, 15) is 14.7 Å². The van der Waals surface area contributed by atoms with Crippen molar-refractivity contribution < 1.29 is 14.7 Å². The molecule has 1 aromatic rings. The van der Waals surface area contributed by atoms with Crippen molar-refractivity contribution in [1.29, 1.82) is 0 Å². The summed E-state index contributed by atoms with van der Waals surface area (Å²) in [6, 6.07) is 4.41. The molecule has 98 valence electrons. The Balaban J connectivity index is 3.01. The van der Waals surface area contributed by atoms with E-state index in [2.05, 4.69) is 5.32 Å². The van der Waals surface area contributed by atoms with Crippen LogP contribution in [-0.2, 0) is 9.59 Å². The van der Waals surface area contributed by atoms with Crippen molar-refractivity contribution in [2.75, 3.05) is 0 Å². The lowest BCUT2D eigenvalue weighted by molar-refractivity contribution is -0.142. The minimum absolute atomic E-state index is 0.238. The van der Waals surface area contributed by atoms with Gasteiger partial charge in [0, 0.05) is 5.92 Å². The van der Waals surface area contributed by atoms with Gasteiger partial charge >= 0.3 is 5.97 Å². The van der Waals surface area contributed by atoms with E-state index in [-0.39, 0.29) is 11.8 Å². The number of carbonyl (C=O) groups excluding carboxylic acids is 1. The van der Waals surface area contributed by atoms with Crippen LogP contribution in [0.4, 0.5) is 0 Å². The van der Waals surface area contributed by atoms with Crippen molar-refractivity contribution in [3.8, 4) is 0 Å². The summed E-state index contributed by atoms with van der Waals surface area (Å²) in [6.07, 6.45) is 0. The third-order valence-electron chi connectivity index (χ3n) is 2.92. The predicted molar refractivity (Wildman–Crippen MR) is 69.3 cm³/mol. The van der Waals surface area contributed by atoms with E-state index in [0.717, 1.165) is 11.1 Å². The summed E-state index contributed by atoms with van der Waals surface area (Å²) in [6.45, 7) is 7.34. The van der Waals surface area contributed by atoms with E-state index < -0.39 is 12.0 Å². The smallest absolute Gasteiger partial charge is 0.330 e. The Morgan fingerprint density at radius 1 is 1.17 bits per heavy atom. The van der Waals surface area contributed by atoms with Crippen LogP contribution in [0.25, 0.3) is 0 Å². The maximum Gasteiger partial charge on any atom is 0.330 e. The first kappa shape index (κ1) is 14.2. The van der Waals surface area contributed by atoms with Gasteiger partial charge in [-0.15, -0.1) is 0 Å². The fraction of sp³-hybridized carbons (Fsp3) is 0.429. The van der Waals surface area contributed by atoms with E-state index in [4.69, 9.17) is 0 Å². The molecule has 2 N–H and O–H groups in total. The highest BCUT2D eigenvalue weighted by Crippen LogP contribution is 2.18. The molecule has 0 spiro atoms. The SMILES string of the molecule is Cc1ccc(C(NC(=O)C(C)C)C(=O)O)cc1C. The third kappa shape index (κ3) is 3.32. The molecule has 0 aliphatic carbocycles. The van der Waals surface area contributed by atoms with Gasteiger partial charge in [-0.05, 0) is 30.5 Å². The quantitative estimate of drug-likeness (QED) is 0.859. The number of aryl methyl sites for hydroxylation is 2. The molecule has 0 fully saturated rings. The Morgan fingerprint density at radius 2 is 1.78 bits per heavy atom. The number of rotatable bonds is 4. The van der Waals surface area contributed by atoms with Crippen LogP contribution in [0.5, 0.6) is 0 Å². The lowest BCUT2D eigenvalue weighted by Crippen LogP contribution is -2.36. The first-order valence-electron chi connectivity index (χ1n) is 5.93. The first-order valence-corrected chi connectivity index (χ1v) is 5.93. The van der Waals surface area contributed by atoms with Crippen LogP contribution in [0.2, 0.25) is 0 Å². The lowest BCUT2D eigenvalue weighted by Gasteiger charge is -2.17. The second-order valence-corrected chi connectivity index (χ2v) is 4.78. The van der Waals surface area contributed by atoms with Gasteiger partial charge in [0.25, 0.3) is 0 Å². The Kier molecular flexibility index (Phi) is 4.48. The summed E-state index contributed by atoms with van der Waals surface area (Å²) in [4.78, 5) is 22.8. The summed E-state index contributed by atoms with van der Waals surface area (Å²) in [5.41, 5.74) is 2.70. The second-order valence-electron chi connectivity index (χ2n) is 4.78. The zero-order chi connectivity index (χ0) is 13.9. The number of carbonyl (C=O) groups is 2. The van der Waals surface area contributed by atoms with Crippen molar-refractivity contribution in [3.05, 3.63) is 34.9 Å². The van der Waals surface area contributed by atoms with E-state index in [0.29, 0.717) is 5.56 Å². The van der Waals surface area contributed by atoms with Crippen molar-refractivity contribution in [2.45, 2.75) is 33.7 Å². The van der Waals surface area contributed by atoms with Gasteiger partial charge in [-0.3, -0.25) is 4.79 Å². The molecule has 1 rings (SSSR count). The molecule has 1 atom stereocenters. The maximum absolute atomic E-state index is 11.6. The highest BCUT2D eigenvalue weighted by Gasteiger charge is 2.23. The number of hydrogen-bond donors (Lipinski definition) is 2. The molecule has 0 aromatic heterocycles. The minimum Gasteiger partial charge on any atom is -0.479 e. The molecule has 1 unspecified atom stereocenters. The Labute approximate surface area is 107 Å². The number of hydrogen-bond acceptors (Lipinski definition) is 2. The van der Waals surface area contributed by atoms with Gasteiger partial charge in [0.1, 0.15) is 0 Å². The third-order valence-corrected chi connectivity index (χ3v) is 2.92. The molecule has 0 heterocycles. The van der Waals surface area contributed by atoms with Gasteiger partial charge in [0.05, 0.1) is 0 Å². The average Bonchev–Trinajstić information content (AvgIpc) is 2.29. The fourth-order valence-corrected chi connectivity index (χ4v) is 1.54. The Bertz CT molecular complexity index is 466. The number of aliphatic carboxylic acids is 1. The maximum atomic E-state index is 11.6. The standard InChI is InChI=1S/C14H19NO3/c1-8(2)13(16)15-12(14(17)18)11-6-5-9(3)10(4)7-11/h5-8,12H,1-4H3,(H,15,16)(H,17,18). The topological polar surface area (TPSA) is 66.4 Å². The fourth-order valence-electron chi connectivity index (χ4n) is 1.54. The zero-order valence-electron chi connectivity index (χ0n) is 11.2. The molecular weight excluding hydrogens is 230 g/mol. The first-order chi connectivity index (χ1) is 8.32. The van der Waals surface area contributed by atoms with Crippen molar-refractivity contribution >= 4 is 11.9 Å². The average molecular weight is 249 g/mol. The van der Waals surface area contributed by atoms with Crippen LogP contribution in [0.1, 0.15) is 36.6 Å². The molecule has 0 saturated carbocycles. The number of carboxylic acids is 1. The molecule has 4 nitrogen and oxygen atoms in total. The van der Waals surface area contributed by atoms with Gasteiger partial charge in [0.2, 0.25) is 5.91 Å². The summed E-state index contributed by atoms with van der Waals surface area (Å²) >= 11 is 0. The van der Waals surface area contributed by atoms with Gasteiger partial charge in [-0.2, -0.15) is 0 Å². The van der Waals surface area contributed by atoms with Crippen LogP contribution in [0.3, 0.4) is 0 Å². The molecule has 0 aliphatic rings. The number of nitrogens with one attached hydrogen (secondary N) is 1. The number of amides is 1. The summed E-state index contributed by atoms with van der Waals surface area (Å²) in [7, 11) is 0. The molecular formula is C14H19NO3. The molecule has 0 radical (unpaired) electrons. The van der Waals surface area contributed by atoms with Crippen LogP contribution in [0.15, 0.2) is 18.2 Å². The van der Waals surface area contributed by atoms with E-state index in [1.165, 1.54) is 0 Å². The van der Waals surface area contributed by atoms with Crippen molar-refractivity contribution in [1.82, 2.24) is 5.32 Å². The van der Waals surface area contributed by atoms with Crippen molar-refractivity contribution in [2.24, 2.45) is 5.92 Å². The van der Waals surface area contributed by atoms with Crippen LogP contribution < -0.4 is 5.32 Å². The molecule has 0 aliphatic heterocycles. The molecule has 0 saturated heterocycles. The Hall–Kier alpha value is -1.84. The zero-order valence-corrected chi connectivity index (χ0v) is 11.2. The lowest BCUT2D eigenvalue weighted by atomic mass is 10.0. The monoisotopic (exact) mass is 249 g/mol. The minimum atomic E-state index is -1.05. The van der Waals surface area contributed by atoms with E-state index >= 15 is 0 Å². The molecule has 1 aromatic carbocycles. The van der Waals surface area contributed by atoms with Crippen LogP contribution in [-0.4, -0.2) is 17.0 Å². The van der Waals surface area contributed by atoms with Gasteiger partial charge in [-0.1, -0.05) is 32.0 Å². The largest absolute Gasteiger partial charge is 0.479 e. The van der Waals surface area contributed by atoms with Crippen LogP contribution in [0, 0.1) is 19.8 Å². The summed E-state index contributed by atoms with van der Waals surface area (Å²) < 4.78 is 0. The van der Waals surface area contributed by atoms with Crippen molar-refractivity contribution in [3.63, 3.8) is 0 Å². The highest BCUT2D eigenvalue weighted by atomic mass is 16.4. The molecule has 4 heteroatoms. The summed E-state index contributed by atoms with van der Waals surface area (Å²) in [5, 5.41) is 11.7. The molecule has 1 amide bonds. The van der Waals surface area contributed by atoms with Gasteiger partial charge in [-0.25, -0.2) is 4.79 Å². The normalized spacial score (nSPS) is 12.3. The second kappa shape index (κ2) is 5.67. The van der Waals surface area contributed by atoms with E-state index in [1.807, 2.05) is 19.9 Å². The Morgan fingerprint density at radius 3 is 2.22 bits per heavy atom. The highest BCUT2D eigenvalue weighted by molar-refractivity contribution is 5.85. The predicted octanol–water partition coefficient (Wildman–Crippen LogP) is 2.20. The number of benzene rings is 1.